The molecule has 3 rings (SSSR count). The van der Waals surface area contributed by atoms with Gasteiger partial charge in [0.05, 0.1) is 16.6 Å². The van der Waals surface area contributed by atoms with Crippen LogP contribution in [0.5, 0.6) is 17.2 Å². The summed E-state index contributed by atoms with van der Waals surface area (Å²) in [4.78, 5) is 21.7. The predicted molar refractivity (Wildman–Crippen MR) is 94.0 cm³/mol. The molecule has 1 aliphatic rings. The minimum atomic E-state index is -1.07. The van der Waals surface area contributed by atoms with Crippen molar-refractivity contribution in [2.45, 2.75) is 25.5 Å². The molecule has 0 fully saturated rings. The number of nitrogens with two attached hydrogens (primary N) is 1. The highest BCUT2D eigenvalue weighted by molar-refractivity contribution is 5.73. The molecular weight excluding hydrogens is 356 g/mol. The summed E-state index contributed by atoms with van der Waals surface area (Å²) in [6.45, 7) is 1.71. The predicted octanol–water partition coefficient (Wildman–Crippen LogP) is 2.42. The fourth-order valence-corrected chi connectivity index (χ4v) is 2.74. The number of rotatable bonds is 7. The van der Waals surface area contributed by atoms with Crippen molar-refractivity contribution >= 4 is 11.7 Å². The number of hydrogen-bond acceptors (Lipinski definition) is 7. The Morgan fingerprint density at radius 2 is 1.93 bits per heavy atom. The number of carboxylic acids is 1. The molecule has 0 saturated heterocycles. The largest absolute Gasteiger partial charge is 0.486 e. The minimum Gasteiger partial charge on any atom is -0.486 e. The van der Waals surface area contributed by atoms with Gasteiger partial charge in [-0.1, -0.05) is 12.1 Å². The lowest BCUT2D eigenvalue weighted by Gasteiger charge is -2.16. The average molecular weight is 374 g/mol. The van der Waals surface area contributed by atoms with Crippen molar-refractivity contribution in [1.82, 2.24) is 0 Å². The van der Waals surface area contributed by atoms with E-state index in [2.05, 4.69) is 0 Å². The lowest BCUT2D eigenvalue weighted by atomic mass is 10.1. The van der Waals surface area contributed by atoms with Gasteiger partial charge in [0.15, 0.2) is 11.5 Å². The molecule has 0 spiro atoms. The van der Waals surface area contributed by atoms with E-state index in [1.54, 1.807) is 37.3 Å². The Labute approximate surface area is 154 Å². The van der Waals surface area contributed by atoms with Crippen LogP contribution in [0.25, 0.3) is 0 Å². The van der Waals surface area contributed by atoms with Crippen LogP contribution in [0.2, 0.25) is 0 Å². The second-order valence-corrected chi connectivity index (χ2v) is 6.07. The molecule has 2 aromatic carbocycles. The molecule has 0 aromatic heterocycles. The van der Waals surface area contributed by atoms with Gasteiger partial charge < -0.3 is 25.1 Å². The Morgan fingerprint density at radius 3 is 2.52 bits per heavy atom. The van der Waals surface area contributed by atoms with Crippen molar-refractivity contribution < 1.29 is 29.0 Å². The molecule has 142 valence electrons. The molecule has 1 heterocycles. The SMILES string of the molecule is CC(Oc1ccc(CC(N)C(=O)O)cc1)c1cc2c(cc1[N+](=O)[O-])OCO2. The zero-order chi connectivity index (χ0) is 19.6. The van der Waals surface area contributed by atoms with Crippen molar-refractivity contribution in [3.8, 4) is 17.2 Å². The number of nitro groups is 1. The van der Waals surface area contributed by atoms with Gasteiger partial charge in [-0.3, -0.25) is 14.9 Å². The van der Waals surface area contributed by atoms with Gasteiger partial charge in [-0.2, -0.15) is 0 Å². The van der Waals surface area contributed by atoms with E-state index in [4.69, 9.17) is 25.1 Å². The second-order valence-electron chi connectivity index (χ2n) is 6.07. The molecule has 0 amide bonds. The van der Waals surface area contributed by atoms with Crippen molar-refractivity contribution in [3.05, 3.63) is 57.6 Å². The van der Waals surface area contributed by atoms with Crippen molar-refractivity contribution in [1.29, 1.82) is 0 Å². The summed E-state index contributed by atoms with van der Waals surface area (Å²) >= 11 is 0. The Hall–Kier alpha value is -3.33. The van der Waals surface area contributed by atoms with Gasteiger partial charge in [-0.05, 0) is 37.1 Å². The highest BCUT2D eigenvalue weighted by atomic mass is 16.7. The highest BCUT2D eigenvalue weighted by Gasteiger charge is 2.27. The number of hydrogen-bond donors (Lipinski definition) is 2. The van der Waals surface area contributed by atoms with Crippen LogP contribution in [-0.2, 0) is 11.2 Å². The van der Waals surface area contributed by atoms with Gasteiger partial charge in [0.2, 0.25) is 6.79 Å². The van der Waals surface area contributed by atoms with Crippen LogP contribution in [0.4, 0.5) is 5.69 Å². The fraction of sp³-hybridized carbons (Fsp3) is 0.278. The van der Waals surface area contributed by atoms with Gasteiger partial charge in [0.1, 0.15) is 17.9 Å². The molecule has 3 N–H and O–H groups in total. The lowest BCUT2D eigenvalue weighted by molar-refractivity contribution is -0.386. The normalized spacial score (nSPS) is 14.4. The highest BCUT2D eigenvalue weighted by Crippen LogP contribution is 2.41. The molecule has 27 heavy (non-hydrogen) atoms. The van der Waals surface area contributed by atoms with Crippen molar-refractivity contribution in [3.63, 3.8) is 0 Å². The maximum atomic E-state index is 11.4. The van der Waals surface area contributed by atoms with Crippen LogP contribution in [0.3, 0.4) is 0 Å². The number of fused-ring (bicyclic) bond motifs is 1. The Bertz CT molecular complexity index is 867. The summed E-state index contributed by atoms with van der Waals surface area (Å²) in [6.07, 6.45) is -0.425. The van der Waals surface area contributed by atoms with Crippen LogP contribution in [0, 0.1) is 10.1 Å². The molecule has 0 saturated carbocycles. The maximum absolute atomic E-state index is 11.4. The maximum Gasteiger partial charge on any atom is 0.320 e. The Morgan fingerprint density at radius 1 is 1.30 bits per heavy atom. The molecule has 0 radical (unpaired) electrons. The molecule has 2 atom stereocenters. The summed E-state index contributed by atoms with van der Waals surface area (Å²) < 4.78 is 16.3. The summed E-state index contributed by atoms with van der Waals surface area (Å²) in [5.41, 5.74) is 6.51. The van der Waals surface area contributed by atoms with Gasteiger partial charge in [-0.25, -0.2) is 0 Å². The van der Waals surface area contributed by atoms with E-state index in [1.165, 1.54) is 6.07 Å². The third-order valence-electron chi connectivity index (χ3n) is 4.17. The first kappa shape index (κ1) is 18.5. The standard InChI is InChI=1S/C18H18N2O7/c1-10(13-7-16-17(26-9-25-16)8-15(13)20(23)24)27-12-4-2-11(3-5-12)6-14(19)18(21)22/h2-5,7-8,10,14H,6,9,19H2,1H3,(H,21,22). The van der Waals surface area contributed by atoms with E-state index < -0.39 is 23.0 Å². The molecule has 9 heteroatoms. The van der Waals surface area contributed by atoms with Crippen LogP contribution >= 0.6 is 0 Å². The van der Waals surface area contributed by atoms with Gasteiger partial charge in [-0.15, -0.1) is 0 Å². The van der Waals surface area contributed by atoms with Gasteiger partial charge in [0.25, 0.3) is 5.69 Å². The zero-order valence-corrected chi connectivity index (χ0v) is 14.5. The monoisotopic (exact) mass is 374 g/mol. The van der Waals surface area contributed by atoms with E-state index in [0.29, 0.717) is 22.8 Å². The zero-order valence-electron chi connectivity index (χ0n) is 14.5. The van der Waals surface area contributed by atoms with Crippen molar-refractivity contribution in [2.75, 3.05) is 6.79 Å². The number of ether oxygens (including phenoxy) is 3. The van der Waals surface area contributed by atoms with E-state index in [0.717, 1.165) is 5.56 Å². The summed E-state index contributed by atoms with van der Waals surface area (Å²) in [6, 6.07) is 8.64. The van der Waals surface area contributed by atoms with Gasteiger partial charge in [0, 0.05) is 0 Å². The third-order valence-corrected chi connectivity index (χ3v) is 4.17. The first-order valence-electron chi connectivity index (χ1n) is 8.17. The fourth-order valence-electron chi connectivity index (χ4n) is 2.74. The van der Waals surface area contributed by atoms with Crippen LogP contribution in [0.1, 0.15) is 24.2 Å². The number of nitro benzene ring substituents is 1. The summed E-state index contributed by atoms with van der Waals surface area (Å²) in [7, 11) is 0. The quantitative estimate of drug-likeness (QED) is 0.557. The average Bonchev–Trinajstić information content (AvgIpc) is 3.09. The van der Waals surface area contributed by atoms with Gasteiger partial charge >= 0.3 is 5.97 Å². The number of carbonyl (C=O) groups is 1. The van der Waals surface area contributed by atoms with E-state index in [-0.39, 0.29) is 18.9 Å². The third kappa shape index (κ3) is 4.09. The minimum absolute atomic E-state index is 0.0190. The number of carboxylic acid groups (broad SMARTS) is 1. The number of nitrogens with zero attached hydrogens (tertiary/aromatic N) is 1. The second kappa shape index (κ2) is 7.50. The molecule has 0 aliphatic carbocycles. The summed E-state index contributed by atoms with van der Waals surface area (Å²) in [5, 5.41) is 20.2. The number of aliphatic carboxylic acids is 1. The lowest BCUT2D eigenvalue weighted by Crippen LogP contribution is -2.32. The molecule has 2 unspecified atom stereocenters. The van der Waals surface area contributed by atoms with Crippen LogP contribution < -0.4 is 19.9 Å². The molecule has 9 nitrogen and oxygen atoms in total. The molecule has 1 aliphatic heterocycles. The van der Waals surface area contributed by atoms with E-state index in [1.807, 2.05) is 0 Å². The van der Waals surface area contributed by atoms with Crippen LogP contribution in [0.15, 0.2) is 36.4 Å². The van der Waals surface area contributed by atoms with Crippen LogP contribution in [-0.4, -0.2) is 28.8 Å². The number of benzene rings is 2. The summed E-state index contributed by atoms with van der Waals surface area (Å²) in [5.74, 6) is 0.182. The molecule has 0 bridgehead atoms. The Balaban J connectivity index is 1.76. The van der Waals surface area contributed by atoms with E-state index in [9.17, 15) is 14.9 Å². The first-order valence-corrected chi connectivity index (χ1v) is 8.17. The topological polar surface area (TPSA) is 134 Å². The first-order chi connectivity index (χ1) is 12.8. The smallest absolute Gasteiger partial charge is 0.320 e. The van der Waals surface area contributed by atoms with Crippen molar-refractivity contribution in [2.24, 2.45) is 5.73 Å². The molecular formula is C18H18N2O7. The molecule has 2 aromatic rings. The Kier molecular flexibility index (Phi) is 5.13. The van der Waals surface area contributed by atoms with E-state index >= 15 is 0 Å².